The van der Waals surface area contributed by atoms with Crippen LogP contribution in [0.1, 0.15) is 33.8 Å². The molecule has 0 aromatic carbocycles. The number of carbonyl (C=O) groups excluding carboxylic acids is 1. The van der Waals surface area contributed by atoms with Crippen molar-refractivity contribution in [1.82, 2.24) is 9.88 Å². The second kappa shape index (κ2) is 5.95. The summed E-state index contributed by atoms with van der Waals surface area (Å²) in [6.07, 6.45) is 3.65. The van der Waals surface area contributed by atoms with Gasteiger partial charge in [0.15, 0.2) is 0 Å². The largest absolute Gasteiger partial charge is 0.366 e. The van der Waals surface area contributed by atoms with Crippen molar-refractivity contribution in [2.75, 3.05) is 7.05 Å². The number of nitrogens with two attached hydrogens (primary N) is 1. The van der Waals surface area contributed by atoms with Crippen LogP contribution < -0.4 is 5.73 Å². The van der Waals surface area contributed by atoms with Gasteiger partial charge in [-0.05, 0) is 31.7 Å². The molecule has 2 rings (SSSR count). The predicted molar refractivity (Wildman–Crippen MR) is 77.0 cm³/mol. The summed E-state index contributed by atoms with van der Waals surface area (Å²) in [6, 6.07) is 6.14. The first kappa shape index (κ1) is 13.7. The van der Waals surface area contributed by atoms with Crippen LogP contribution in [-0.2, 0) is 6.54 Å². The van der Waals surface area contributed by atoms with Gasteiger partial charge in [0.2, 0.25) is 5.91 Å². The van der Waals surface area contributed by atoms with Crippen LogP contribution in [-0.4, -0.2) is 22.8 Å². The van der Waals surface area contributed by atoms with Crippen LogP contribution in [0.5, 0.6) is 0 Å². The predicted octanol–water partition coefficient (Wildman–Crippen LogP) is 2.44. The third-order valence-electron chi connectivity index (χ3n) is 3.17. The molecule has 2 heterocycles. The van der Waals surface area contributed by atoms with Crippen molar-refractivity contribution < 1.29 is 4.79 Å². The van der Waals surface area contributed by atoms with Crippen LogP contribution in [0, 0.1) is 0 Å². The molecular formula is C14H17N3OS. The van der Waals surface area contributed by atoms with Gasteiger partial charge < -0.3 is 5.73 Å². The zero-order chi connectivity index (χ0) is 13.8. The maximum absolute atomic E-state index is 11.1. The number of hydrogen-bond acceptors (Lipinski definition) is 4. The first-order chi connectivity index (χ1) is 9.08. The fraction of sp³-hybridized carbons (Fsp3) is 0.286. The van der Waals surface area contributed by atoms with E-state index in [4.69, 9.17) is 5.73 Å². The Morgan fingerprint density at radius 1 is 1.58 bits per heavy atom. The van der Waals surface area contributed by atoms with Gasteiger partial charge in [0.1, 0.15) is 0 Å². The molecule has 2 aromatic rings. The third-order valence-corrected chi connectivity index (χ3v) is 4.09. The minimum Gasteiger partial charge on any atom is -0.366 e. The summed E-state index contributed by atoms with van der Waals surface area (Å²) in [6.45, 7) is 2.92. The van der Waals surface area contributed by atoms with Gasteiger partial charge in [-0.2, -0.15) is 0 Å². The molecule has 1 atom stereocenters. The van der Waals surface area contributed by atoms with Gasteiger partial charge in [0.05, 0.1) is 5.56 Å². The Bertz CT molecular complexity index is 553. The number of rotatable bonds is 5. The Morgan fingerprint density at radius 3 is 2.95 bits per heavy atom. The first-order valence-corrected chi connectivity index (χ1v) is 6.93. The van der Waals surface area contributed by atoms with E-state index < -0.39 is 0 Å². The quantitative estimate of drug-likeness (QED) is 0.911. The van der Waals surface area contributed by atoms with E-state index in [0.29, 0.717) is 5.56 Å². The van der Waals surface area contributed by atoms with Crippen LogP contribution in [0.15, 0.2) is 36.0 Å². The number of carbonyl (C=O) groups is 1. The lowest BCUT2D eigenvalue weighted by atomic mass is 10.1. The second-order valence-electron chi connectivity index (χ2n) is 4.54. The Labute approximate surface area is 116 Å². The van der Waals surface area contributed by atoms with E-state index in [1.54, 1.807) is 22.9 Å². The highest BCUT2D eigenvalue weighted by Gasteiger charge is 2.13. The van der Waals surface area contributed by atoms with Gasteiger partial charge in [-0.15, -0.1) is 11.3 Å². The zero-order valence-corrected chi connectivity index (χ0v) is 11.9. The molecule has 19 heavy (non-hydrogen) atoms. The Morgan fingerprint density at radius 2 is 2.37 bits per heavy atom. The molecule has 1 amide bonds. The smallest absolute Gasteiger partial charge is 0.249 e. The number of thiophene rings is 1. The van der Waals surface area contributed by atoms with Crippen molar-refractivity contribution in [3.63, 3.8) is 0 Å². The van der Waals surface area contributed by atoms with Crippen molar-refractivity contribution in [2.24, 2.45) is 5.73 Å². The maximum Gasteiger partial charge on any atom is 0.249 e. The van der Waals surface area contributed by atoms with Crippen LogP contribution in [0.25, 0.3) is 0 Å². The lowest BCUT2D eigenvalue weighted by molar-refractivity contribution is 0.100. The normalized spacial score (nSPS) is 12.6. The molecule has 2 N–H and O–H groups in total. The number of hydrogen-bond donors (Lipinski definition) is 1. The molecule has 2 aromatic heterocycles. The highest BCUT2D eigenvalue weighted by Crippen LogP contribution is 2.22. The average molecular weight is 275 g/mol. The maximum atomic E-state index is 11.1. The molecule has 100 valence electrons. The molecule has 0 unspecified atom stereocenters. The summed E-state index contributed by atoms with van der Waals surface area (Å²) in [7, 11) is 2.06. The van der Waals surface area contributed by atoms with E-state index >= 15 is 0 Å². The first-order valence-electron chi connectivity index (χ1n) is 6.05. The molecule has 0 bridgehead atoms. The van der Waals surface area contributed by atoms with Crippen LogP contribution in [0.4, 0.5) is 0 Å². The molecule has 0 aliphatic carbocycles. The van der Waals surface area contributed by atoms with Crippen molar-refractivity contribution in [3.05, 3.63) is 52.0 Å². The van der Waals surface area contributed by atoms with Gasteiger partial charge in [0.25, 0.3) is 0 Å². The zero-order valence-electron chi connectivity index (χ0n) is 11.0. The van der Waals surface area contributed by atoms with Crippen LogP contribution in [0.2, 0.25) is 0 Å². The van der Waals surface area contributed by atoms with Gasteiger partial charge in [-0.25, -0.2) is 0 Å². The van der Waals surface area contributed by atoms with Gasteiger partial charge in [0, 0.05) is 35.2 Å². The minimum atomic E-state index is -0.370. The molecule has 0 fully saturated rings. The van der Waals surface area contributed by atoms with Crippen LogP contribution >= 0.6 is 11.3 Å². The SMILES string of the molecule is C[C@H](c1cccnc1)N(C)Cc1cc(C(N)=O)cs1. The van der Waals surface area contributed by atoms with Gasteiger partial charge in [-0.1, -0.05) is 6.07 Å². The highest BCUT2D eigenvalue weighted by molar-refractivity contribution is 7.10. The van der Waals surface area contributed by atoms with Gasteiger partial charge >= 0.3 is 0 Å². The Balaban J connectivity index is 2.04. The summed E-state index contributed by atoms with van der Waals surface area (Å²) >= 11 is 1.56. The standard InChI is InChI=1S/C14H17N3OS/c1-10(11-4-3-5-16-7-11)17(2)8-13-6-12(9-19-13)14(15)18/h3-7,9-10H,8H2,1-2H3,(H2,15,18)/t10-/m1/s1. The molecular weight excluding hydrogens is 258 g/mol. The third kappa shape index (κ3) is 3.39. The molecule has 0 saturated carbocycles. The number of primary amides is 1. The number of amides is 1. The summed E-state index contributed by atoms with van der Waals surface area (Å²) < 4.78 is 0. The van der Waals surface area contributed by atoms with Crippen molar-refractivity contribution >= 4 is 17.2 Å². The molecule has 0 aliphatic heterocycles. The lowest BCUT2D eigenvalue weighted by Gasteiger charge is -2.24. The van der Waals surface area contributed by atoms with Crippen molar-refractivity contribution in [2.45, 2.75) is 19.5 Å². The number of pyridine rings is 1. The van der Waals surface area contributed by atoms with Crippen LogP contribution in [0.3, 0.4) is 0 Å². The summed E-state index contributed by atoms with van der Waals surface area (Å²) in [5.74, 6) is -0.370. The summed E-state index contributed by atoms with van der Waals surface area (Å²) in [5, 5.41) is 1.81. The number of aromatic nitrogens is 1. The fourth-order valence-corrected chi connectivity index (χ4v) is 2.79. The summed E-state index contributed by atoms with van der Waals surface area (Å²) in [4.78, 5) is 18.5. The Hall–Kier alpha value is -1.72. The topological polar surface area (TPSA) is 59.2 Å². The molecule has 0 spiro atoms. The van der Waals surface area contributed by atoms with Gasteiger partial charge in [-0.3, -0.25) is 14.7 Å². The van der Waals surface area contributed by atoms with E-state index in [2.05, 4.69) is 29.9 Å². The molecule has 4 nitrogen and oxygen atoms in total. The van der Waals surface area contributed by atoms with E-state index in [-0.39, 0.29) is 11.9 Å². The molecule has 0 radical (unpaired) electrons. The lowest BCUT2D eigenvalue weighted by Crippen LogP contribution is -2.21. The average Bonchev–Trinajstić information content (AvgIpc) is 2.87. The monoisotopic (exact) mass is 275 g/mol. The van der Waals surface area contributed by atoms with E-state index in [1.807, 2.05) is 18.3 Å². The Kier molecular flexibility index (Phi) is 4.29. The second-order valence-corrected chi connectivity index (χ2v) is 5.54. The van der Waals surface area contributed by atoms with Crippen molar-refractivity contribution in [1.29, 1.82) is 0 Å². The summed E-state index contributed by atoms with van der Waals surface area (Å²) in [5.41, 5.74) is 7.02. The fourth-order valence-electron chi connectivity index (χ4n) is 1.85. The minimum absolute atomic E-state index is 0.271. The highest BCUT2D eigenvalue weighted by atomic mass is 32.1. The van der Waals surface area contributed by atoms with E-state index in [1.165, 1.54) is 5.56 Å². The molecule has 0 aliphatic rings. The van der Waals surface area contributed by atoms with E-state index in [9.17, 15) is 4.79 Å². The number of nitrogens with zero attached hydrogens (tertiary/aromatic N) is 2. The molecule has 5 heteroatoms. The van der Waals surface area contributed by atoms with Crippen molar-refractivity contribution in [3.8, 4) is 0 Å². The van der Waals surface area contributed by atoms with E-state index in [0.717, 1.165) is 11.4 Å². The molecule has 0 saturated heterocycles.